The second-order valence-corrected chi connectivity index (χ2v) is 8.62. The topological polar surface area (TPSA) is 107 Å². The van der Waals surface area contributed by atoms with Gasteiger partial charge in [0.15, 0.2) is 0 Å². The van der Waals surface area contributed by atoms with Crippen molar-refractivity contribution in [2.75, 3.05) is 18.5 Å². The quantitative estimate of drug-likeness (QED) is 0.436. The Kier molecular flexibility index (Phi) is 6.64. The fourth-order valence-electron chi connectivity index (χ4n) is 2.72. The van der Waals surface area contributed by atoms with E-state index < -0.39 is 17.7 Å². The fourth-order valence-corrected chi connectivity index (χ4v) is 3.64. The molecule has 1 amide bonds. The number of nitrogens with zero attached hydrogens (tertiary/aromatic N) is 2. The number of aliphatic hydroxyl groups excluding tert-OH is 1. The Balaban J connectivity index is 1.98. The number of carbonyl (C=O) groups is 1. The van der Waals surface area contributed by atoms with Gasteiger partial charge in [0.25, 0.3) is 5.91 Å². The lowest BCUT2D eigenvalue weighted by molar-refractivity contribution is -0.00177. The lowest BCUT2D eigenvalue weighted by Crippen LogP contribution is -2.42. The maximum atomic E-state index is 14.1. The molecule has 2 unspecified atom stereocenters. The van der Waals surface area contributed by atoms with E-state index in [1.807, 2.05) is 30.3 Å². The molecule has 0 aliphatic heterocycles. The molecule has 160 valence electrons. The summed E-state index contributed by atoms with van der Waals surface area (Å²) in [6, 6.07) is 9.28. The molecule has 1 aromatic carbocycles. The van der Waals surface area contributed by atoms with Crippen LogP contribution in [-0.2, 0) is 0 Å². The molecule has 0 saturated carbocycles. The number of hydrogen-bond donors (Lipinski definition) is 4. The van der Waals surface area contributed by atoms with Crippen LogP contribution in [0.25, 0.3) is 20.9 Å². The van der Waals surface area contributed by atoms with Gasteiger partial charge >= 0.3 is 0 Å². The largest absolute Gasteiger partial charge is 0.394 e. The summed E-state index contributed by atoms with van der Waals surface area (Å²) in [4.78, 5) is 22.4. The summed E-state index contributed by atoms with van der Waals surface area (Å²) in [6.45, 7) is 3.96. The molecule has 9 heteroatoms. The molecule has 2 aromatic heterocycles. The van der Waals surface area contributed by atoms with Crippen LogP contribution in [0.15, 0.2) is 36.5 Å². The Morgan fingerprint density at radius 2 is 2.00 bits per heavy atom. The first-order chi connectivity index (χ1) is 14.2. The number of hydrogen-bond acceptors (Lipinski definition) is 7. The first-order valence-electron chi connectivity index (χ1n) is 9.57. The molecule has 0 saturated heterocycles. The van der Waals surface area contributed by atoms with Crippen LogP contribution in [0.3, 0.4) is 0 Å². The normalized spacial score (nSPS) is 13.8. The lowest BCUT2D eigenvalue weighted by Gasteiger charge is -2.23. The van der Waals surface area contributed by atoms with E-state index in [0.29, 0.717) is 16.0 Å². The molecule has 0 spiro atoms. The molecule has 0 fully saturated rings. The minimum atomic E-state index is -1.63. The number of benzene rings is 1. The first-order valence-corrected chi connectivity index (χ1v) is 10.4. The van der Waals surface area contributed by atoms with Crippen LogP contribution in [0, 0.1) is 0 Å². The second kappa shape index (κ2) is 9.03. The number of amides is 1. The number of fused-ring (bicyclic) bond motifs is 1. The van der Waals surface area contributed by atoms with E-state index >= 15 is 0 Å². The lowest BCUT2D eigenvalue weighted by atomic mass is 10.0. The summed E-state index contributed by atoms with van der Waals surface area (Å²) in [6.07, 6.45) is -0.219. The molecule has 0 bridgehead atoms. The molecule has 4 N–H and O–H groups in total. The van der Waals surface area contributed by atoms with E-state index in [2.05, 4.69) is 20.6 Å². The van der Waals surface area contributed by atoms with Gasteiger partial charge in [0, 0.05) is 17.8 Å². The van der Waals surface area contributed by atoms with E-state index in [-0.39, 0.29) is 24.8 Å². The molecule has 2 heterocycles. The van der Waals surface area contributed by atoms with E-state index in [4.69, 9.17) is 0 Å². The van der Waals surface area contributed by atoms with Crippen LogP contribution in [0.2, 0.25) is 0 Å². The average molecular weight is 433 g/mol. The zero-order valence-corrected chi connectivity index (χ0v) is 17.8. The van der Waals surface area contributed by atoms with Gasteiger partial charge in [-0.2, -0.15) is 0 Å². The van der Waals surface area contributed by atoms with Gasteiger partial charge in [-0.3, -0.25) is 4.79 Å². The molecule has 0 radical (unpaired) electrons. The molecule has 3 rings (SSSR count). The Labute approximate surface area is 178 Å². The number of thiazole rings is 1. The summed E-state index contributed by atoms with van der Waals surface area (Å²) in [5, 5.41) is 25.6. The predicted molar refractivity (Wildman–Crippen MR) is 117 cm³/mol. The zero-order valence-electron chi connectivity index (χ0n) is 17.0. The van der Waals surface area contributed by atoms with E-state index in [1.54, 1.807) is 6.92 Å². The smallest absolute Gasteiger partial charge is 0.255 e. The molecule has 7 nitrogen and oxygen atoms in total. The van der Waals surface area contributed by atoms with Crippen molar-refractivity contribution in [1.29, 1.82) is 0 Å². The maximum absolute atomic E-state index is 14.1. The highest BCUT2D eigenvalue weighted by atomic mass is 32.1. The zero-order chi connectivity index (χ0) is 21.9. The van der Waals surface area contributed by atoms with Crippen molar-refractivity contribution in [2.24, 2.45) is 0 Å². The average Bonchev–Trinajstić information content (AvgIpc) is 3.16. The minimum absolute atomic E-state index is 0.147. The van der Waals surface area contributed by atoms with E-state index in [9.17, 15) is 19.4 Å². The number of aromatic nitrogens is 2. The van der Waals surface area contributed by atoms with Gasteiger partial charge in [-0.15, -0.1) is 0 Å². The molecular formula is C21H25FN4O3S. The summed E-state index contributed by atoms with van der Waals surface area (Å²) in [5.74, 6) is -0.543. The van der Waals surface area contributed by atoms with Crippen molar-refractivity contribution >= 4 is 33.3 Å². The number of rotatable bonds is 8. The van der Waals surface area contributed by atoms with Crippen LogP contribution in [0.5, 0.6) is 0 Å². The SMILES string of the molecule is CC(CO)Nc1c(C(=O)NCC(F)C(C)(C)O)cnc2sc(-c3ccccc3)nc12. The van der Waals surface area contributed by atoms with Gasteiger partial charge in [-0.25, -0.2) is 14.4 Å². The van der Waals surface area contributed by atoms with Gasteiger partial charge in [0.1, 0.15) is 21.5 Å². The standard InChI is InChI=1S/C21H25FN4O3S/c1-12(11-27)25-16-14(18(28)23-10-15(22)21(2,3)29)9-24-20-17(16)26-19(30-20)13-7-5-4-6-8-13/h4-9,12,15,27,29H,10-11H2,1-3H3,(H,23,28)(H,24,25). The van der Waals surface area contributed by atoms with Crippen LogP contribution in [0.4, 0.5) is 10.1 Å². The van der Waals surface area contributed by atoms with Crippen LogP contribution in [-0.4, -0.2) is 57.1 Å². The van der Waals surface area contributed by atoms with Crippen molar-refractivity contribution in [1.82, 2.24) is 15.3 Å². The summed E-state index contributed by atoms with van der Waals surface area (Å²) in [7, 11) is 0. The Bertz CT molecular complexity index is 1020. The van der Waals surface area contributed by atoms with Crippen molar-refractivity contribution in [3.63, 3.8) is 0 Å². The van der Waals surface area contributed by atoms with Gasteiger partial charge in [-0.05, 0) is 20.8 Å². The van der Waals surface area contributed by atoms with Gasteiger partial charge in [0.2, 0.25) is 0 Å². The maximum Gasteiger partial charge on any atom is 0.255 e. The van der Waals surface area contributed by atoms with Crippen LogP contribution < -0.4 is 10.6 Å². The molecule has 2 atom stereocenters. The van der Waals surface area contributed by atoms with Gasteiger partial charge in [0.05, 0.1) is 30.0 Å². The van der Waals surface area contributed by atoms with Crippen molar-refractivity contribution in [3.8, 4) is 10.6 Å². The number of halogens is 1. The Morgan fingerprint density at radius 1 is 1.30 bits per heavy atom. The van der Waals surface area contributed by atoms with Gasteiger partial charge < -0.3 is 20.8 Å². The molecule has 3 aromatic rings. The van der Waals surface area contributed by atoms with Gasteiger partial charge in [-0.1, -0.05) is 41.7 Å². The third kappa shape index (κ3) is 4.92. The summed E-state index contributed by atoms with van der Waals surface area (Å²) in [5.41, 5.74) is 0.484. The highest BCUT2D eigenvalue weighted by Crippen LogP contribution is 2.34. The van der Waals surface area contributed by atoms with Crippen molar-refractivity contribution in [3.05, 3.63) is 42.1 Å². The highest BCUT2D eigenvalue weighted by Gasteiger charge is 2.28. The van der Waals surface area contributed by atoms with E-state index in [0.717, 1.165) is 10.6 Å². The number of carbonyl (C=O) groups excluding carboxylic acids is 1. The minimum Gasteiger partial charge on any atom is -0.394 e. The van der Waals surface area contributed by atoms with Crippen molar-refractivity contribution < 1.29 is 19.4 Å². The predicted octanol–water partition coefficient (Wildman–Crippen LogP) is 2.99. The third-order valence-corrected chi connectivity index (χ3v) is 5.58. The highest BCUT2D eigenvalue weighted by molar-refractivity contribution is 7.21. The molecule has 0 aliphatic carbocycles. The molecular weight excluding hydrogens is 407 g/mol. The molecule has 30 heavy (non-hydrogen) atoms. The summed E-state index contributed by atoms with van der Waals surface area (Å²) >= 11 is 1.39. The number of nitrogens with one attached hydrogen (secondary N) is 2. The summed E-state index contributed by atoms with van der Waals surface area (Å²) < 4.78 is 14.1. The number of anilines is 1. The van der Waals surface area contributed by atoms with E-state index in [1.165, 1.54) is 31.4 Å². The monoisotopic (exact) mass is 432 g/mol. The number of pyridine rings is 1. The number of aliphatic hydroxyl groups is 2. The Morgan fingerprint density at radius 3 is 2.63 bits per heavy atom. The second-order valence-electron chi connectivity index (χ2n) is 7.64. The Hall–Kier alpha value is -2.62. The van der Waals surface area contributed by atoms with Crippen LogP contribution in [0.1, 0.15) is 31.1 Å². The number of alkyl halides is 1. The fraction of sp³-hybridized carbons (Fsp3) is 0.381. The third-order valence-electron chi connectivity index (χ3n) is 4.56. The van der Waals surface area contributed by atoms with Crippen LogP contribution >= 0.6 is 11.3 Å². The first kappa shape index (κ1) is 22.1. The molecule has 0 aliphatic rings. The van der Waals surface area contributed by atoms with Crippen molar-refractivity contribution in [2.45, 2.75) is 38.6 Å².